The van der Waals surface area contributed by atoms with Gasteiger partial charge in [0.25, 0.3) is 5.91 Å². The molecule has 3 heterocycles. The Labute approximate surface area is 178 Å². The fraction of sp³-hybridized carbons (Fsp3) is 0.348. The van der Waals surface area contributed by atoms with Crippen LogP contribution in [0.25, 0.3) is 11.0 Å². The summed E-state index contributed by atoms with van der Waals surface area (Å²) in [5.41, 5.74) is 2.66. The van der Waals surface area contributed by atoms with Crippen molar-refractivity contribution in [3.8, 4) is 0 Å². The first-order valence-electron chi connectivity index (χ1n) is 9.96. The highest BCUT2D eigenvalue weighted by atomic mass is 32.1. The van der Waals surface area contributed by atoms with E-state index in [-0.39, 0.29) is 24.4 Å². The first-order valence-corrected chi connectivity index (χ1v) is 10.8. The first-order chi connectivity index (χ1) is 14.4. The van der Waals surface area contributed by atoms with Gasteiger partial charge in [-0.15, -0.1) is 11.3 Å². The summed E-state index contributed by atoms with van der Waals surface area (Å²) in [5, 5.41) is 2.66. The van der Waals surface area contributed by atoms with Gasteiger partial charge in [-0.3, -0.25) is 9.59 Å². The predicted molar refractivity (Wildman–Crippen MR) is 115 cm³/mol. The van der Waals surface area contributed by atoms with Crippen molar-refractivity contribution in [1.82, 2.24) is 4.90 Å². The van der Waals surface area contributed by atoms with E-state index in [1.807, 2.05) is 43.5 Å². The molecule has 6 nitrogen and oxygen atoms in total. The zero-order valence-electron chi connectivity index (χ0n) is 17.0. The van der Waals surface area contributed by atoms with Crippen molar-refractivity contribution in [3.63, 3.8) is 0 Å². The molecule has 4 rings (SSSR count). The molecular weight excluding hydrogens is 402 g/mol. The highest BCUT2D eigenvalue weighted by Gasteiger charge is 2.29. The summed E-state index contributed by atoms with van der Waals surface area (Å²) in [7, 11) is 0. The fourth-order valence-electron chi connectivity index (χ4n) is 3.79. The van der Waals surface area contributed by atoms with E-state index in [0.717, 1.165) is 21.4 Å². The molecule has 0 saturated carbocycles. The SMILES string of the molecule is Cc1ccc2c(COC(=O)C3CCN(C(=O)c4cccs4)CC3)cc(=O)oc2c1C. The second-order valence-electron chi connectivity index (χ2n) is 7.63. The molecule has 0 spiro atoms. The molecule has 0 aliphatic carbocycles. The van der Waals surface area contributed by atoms with Gasteiger partial charge >= 0.3 is 11.6 Å². The number of benzene rings is 1. The Hall–Kier alpha value is -2.93. The van der Waals surface area contributed by atoms with Gasteiger partial charge in [-0.1, -0.05) is 18.2 Å². The van der Waals surface area contributed by atoms with E-state index in [4.69, 9.17) is 9.15 Å². The molecule has 1 aliphatic heterocycles. The van der Waals surface area contributed by atoms with Gasteiger partial charge in [0.1, 0.15) is 12.2 Å². The van der Waals surface area contributed by atoms with Crippen LogP contribution in [-0.4, -0.2) is 29.9 Å². The van der Waals surface area contributed by atoms with Gasteiger partial charge in [0, 0.05) is 30.1 Å². The third kappa shape index (κ3) is 4.03. The van der Waals surface area contributed by atoms with Gasteiger partial charge < -0.3 is 14.1 Å². The smallest absolute Gasteiger partial charge is 0.336 e. The molecule has 1 saturated heterocycles. The summed E-state index contributed by atoms with van der Waals surface area (Å²) in [5.74, 6) is -0.513. The summed E-state index contributed by atoms with van der Waals surface area (Å²) < 4.78 is 10.9. The number of carbonyl (C=O) groups is 2. The number of nitrogens with zero attached hydrogens (tertiary/aromatic N) is 1. The topological polar surface area (TPSA) is 76.8 Å². The van der Waals surface area contributed by atoms with Crippen LogP contribution in [0, 0.1) is 19.8 Å². The molecule has 0 radical (unpaired) electrons. The van der Waals surface area contributed by atoms with Crippen molar-refractivity contribution in [2.75, 3.05) is 13.1 Å². The molecule has 7 heteroatoms. The minimum absolute atomic E-state index is 0.0185. The molecule has 3 aromatic rings. The molecule has 1 aliphatic rings. The van der Waals surface area contributed by atoms with Crippen LogP contribution in [0.1, 0.15) is 39.2 Å². The molecule has 0 bridgehead atoms. The third-order valence-corrected chi connectivity index (χ3v) is 6.59. The van der Waals surface area contributed by atoms with Gasteiger partial charge in [-0.2, -0.15) is 0 Å². The molecule has 156 valence electrons. The molecular formula is C23H23NO5S. The van der Waals surface area contributed by atoms with Gasteiger partial charge in [0.15, 0.2) is 0 Å². The maximum Gasteiger partial charge on any atom is 0.336 e. The monoisotopic (exact) mass is 425 g/mol. The summed E-state index contributed by atoms with van der Waals surface area (Å²) >= 11 is 1.43. The minimum Gasteiger partial charge on any atom is -0.461 e. The van der Waals surface area contributed by atoms with Crippen molar-refractivity contribution in [3.05, 3.63) is 67.7 Å². The summed E-state index contributed by atoms with van der Waals surface area (Å²) in [6, 6.07) is 8.91. The number of fused-ring (bicyclic) bond motifs is 1. The number of carbonyl (C=O) groups excluding carboxylic acids is 2. The first kappa shape index (κ1) is 20.3. The van der Waals surface area contributed by atoms with Gasteiger partial charge in [0.2, 0.25) is 0 Å². The van der Waals surface area contributed by atoms with Gasteiger partial charge in [-0.25, -0.2) is 4.79 Å². The Balaban J connectivity index is 1.39. The molecule has 30 heavy (non-hydrogen) atoms. The fourth-order valence-corrected chi connectivity index (χ4v) is 4.48. The lowest BCUT2D eigenvalue weighted by Gasteiger charge is -2.30. The molecule has 1 fully saturated rings. The van der Waals surface area contributed by atoms with Crippen LogP contribution in [0.15, 0.2) is 44.9 Å². The number of ether oxygens (including phenoxy) is 1. The summed E-state index contributed by atoms with van der Waals surface area (Å²) in [6.45, 7) is 4.95. The van der Waals surface area contributed by atoms with E-state index in [9.17, 15) is 14.4 Å². The van der Waals surface area contributed by atoms with Crippen molar-refractivity contribution in [1.29, 1.82) is 0 Å². The Kier molecular flexibility index (Phi) is 5.72. The normalized spacial score (nSPS) is 14.8. The highest BCUT2D eigenvalue weighted by Crippen LogP contribution is 2.25. The number of likely N-dealkylation sites (tertiary alicyclic amines) is 1. The molecule has 0 N–H and O–H groups in total. The Bertz CT molecular complexity index is 1140. The van der Waals surface area contributed by atoms with Gasteiger partial charge in [-0.05, 0) is 49.3 Å². The largest absolute Gasteiger partial charge is 0.461 e. The third-order valence-electron chi connectivity index (χ3n) is 5.73. The number of esters is 1. The summed E-state index contributed by atoms with van der Waals surface area (Å²) in [4.78, 5) is 39.5. The van der Waals surface area contributed by atoms with Crippen molar-refractivity contribution >= 4 is 34.2 Å². The van der Waals surface area contributed by atoms with E-state index >= 15 is 0 Å². The van der Waals surface area contributed by atoms with E-state index in [1.54, 1.807) is 4.90 Å². The predicted octanol–water partition coefficient (Wildman–Crippen LogP) is 4.07. The zero-order valence-corrected chi connectivity index (χ0v) is 17.8. The maximum absolute atomic E-state index is 12.6. The number of amides is 1. The lowest BCUT2D eigenvalue weighted by atomic mass is 9.97. The Morgan fingerprint density at radius 3 is 2.67 bits per heavy atom. The second-order valence-corrected chi connectivity index (χ2v) is 8.57. The highest BCUT2D eigenvalue weighted by molar-refractivity contribution is 7.12. The zero-order chi connectivity index (χ0) is 21.3. The quantitative estimate of drug-likeness (QED) is 0.465. The van der Waals surface area contributed by atoms with Crippen LogP contribution in [0.3, 0.4) is 0 Å². The molecule has 0 unspecified atom stereocenters. The van der Waals surface area contributed by atoms with Crippen molar-refractivity contribution < 1.29 is 18.7 Å². The number of aryl methyl sites for hydroxylation is 2. The number of rotatable bonds is 4. The second kappa shape index (κ2) is 8.44. The van der Waals surface area contributed by atoms with E-state index in [2.05, 4.69) is 0 Å². The lowest BCUT2D eigenvalue weighted by Crippen LogP contribution is -2.40. The van der Waals surface area contributed by atoms with E-state index in [0.29, 0.717) is 37.1 Å². The summed E-state index contributed by atoms with van der Waals surface area (Å²) in [6.07, 6.45) is 1.15. The van der Waals surface area contributed by atoms with Crippen molar-refractivity contribution in [2.45, 2.75) is 33.3 Å². The molecule has 1 amide bonds. The molecule has 1 aromatic carbocycles. The Morgan fingerprint density at radius 2 is 1.97 bits per heavy atom. The lowest BCUT2D eigenvalue weighted by molar-refractivity contribution is -0.151. The number of hydrogen-bond acceptors (Lipinski definition) is 6. The Morgan fingerprint density at radius 1 is 1.20 bits per heavy atom. The number of thiophene rings is 1. The van der Waals surface area contributed by atoms with Crippen molar-refractivity contribution in [2.24, 2.45) is 5.92 Å². The average molecular weight is 426 g/mol. The molecule has 2 aromatic heterocycles. The number of piperidine rings is 1. The maximum atomic E-state index is 12.6. The molecule has 0 atom stereocenters. The van der Waals surface area contributed by atoms with E-state index in [1.165, 1.54) is 17.4 Å². The van der Waals surface area contributed by atoms with Crippen LogP contribution in [0.2, 0.25) is 0 Å². The van der Waals surface area contributed by atoms with Crippen LogP contribution in [0.4, 0.5) is 0 Å². The van der Waals surface area contributed by atoms with Crippen LogP contribution >= 0.6 is 11.3 Å². The average Bonchev–Trinajstić information content (AvgIpc) is 3.29. The minimum atomic E-state index is -0.456. The van der Waals surface area contributed by atoms with Crippen LogP contribution in [-0.2, 0) is 16.1 Å². The van der Waals surface area contributed by atoms with E-state index < -0.39 is 5.63 Å². The standard InChI is InChI=1S/C23H23NO5S/c1-14-5-6-18-17(12-20(25)29-21(18)15(14)2)13-28-23(27)16-7-9-24(10-8-16)22(26)19-4-3-11-30-19/h3-6,11-12,16H,7-10,13H2,1-2H3. The number of hydrogen-bond donors (Lipinski definition) is 0. The van der Waals surface area contributed by atoms with Crippen LogP contribution < -0.4 is 5.63 Å². The van der Waals surface area contributed by atoms with Gasteiger partial charge in [0.05, 0.1) is 10.8 Å². The van der Waals surface area contributed by atoms with Crippen LogP contribution in [0.5, 0.6) is 0 Å².